The number of carbonyl (C=O) groups excluding carboxylic acids is 2. The van der Waals surface area contributed by atoms with Gasteiger partial charge in [0, 0.05) is 26.2 Å². The minimum Gasteiger partial charge on any atom is -0.444 e. The second-order valence-electron chi connectivity index (χ2n) is 7.83. The number of ether oxygens (including phenoxy) is 1. The van der Waals surface area contributed by atoms with E-state index >= 15 is 0 Å². The Morgan fingerprint density at radius 2 is 1.83 bits per heavy atom. The van der Waals surface area contributed by atoms with Gasteiger partial charge in [0.15, 0.2) is 0 Å². The van der Waals surface area contributed by atoms with Crippen molar-refractivity contribution in [2.24, 2.45) is 5.92 Å². The summed E-state index contributed by atoms with van der Waals surface area (Å²) in [6.07, 6.45) is 2.51. The second-order valence-corrected chi connectivity index (χ2v) is 7.83. The third-order valence-electron chi connectivity index (χ3n) is 3.93. The number of amides is 3. The van der Waals surface area contributed by atoms with Gasteiger partial charge in [0.1, 0.15) is 5.60 Å². The largest absolute Gasteiger partial charge is 0.444 e. The maximum atomic E-state index is 11.9. The van der Waals surface area contributed by atoms with Gasteiger partial charge < -0.3 is 25.4 Å². The lowest BCUT2D eigenvalue weighted by Gasteiger charge is -2.27. The molecule has 0 heterocycles. The summed E-state index contributed by atoms with van der Waals surface area (Å²) in [7, 11) is 1.69. The summed E-state index contributed by atoms with van der Waals surface area (Å²) < 4.78 is 5.30. The molecule has 0 radical (unpaired) electrons. The molecule has 7 nitrogen and oxygen atoms in total. The predicted octanol–water partition coefficient (Wildman–Crippen LogP) is 2.09. The van der Waals surface area contributed by atoms with E-state index in [2.05, 4.69) is 10.6 Å². The number of nitrogens with one attached hydrogen (secondary N) is 2. The normalized spacial score (nSPS) is 22.4. The van der Waals surface area contributed by atoms with Crippen molar-refractivity contribution in [1.29, 1.82) is 0 Å². The average molecular weight is 343 g/mol. The van der Waals surface area contributed by atoms with Gasteiger partial charge in [-0.1, -0.05) is 6.92 Å². The fraction of sp³-hybridized carbons (Fsp3) is 0.882. The maximum Gasteiger partial charge on any atom is 0.410 e. The first-order valence-corrected chi connectivity index (χ1v) is 8.73. The van der Waals surface area contributed by atoms with Crippen LogP contribution in [0.25, 0.3) is 0 Å². The highest BCUT2D eigenvalue weighted by molar-refractivity contribution is 5.74. The molecule has 0 saturated heterocycles. The van der Waals surface area contributed by atoms with Gasteiger partial charge in [0.05, 0.1) is 6.10 Å². The Balaban J connectivity index is 2.23. The molecule has 1 aliphatic carbocycles. The van der Waals surface area contributed by atoms with Gasteiger partial charge in [-0.25, -0.2) is 9.59 Å². The van der Waals surface area contributed by atoms with Gasteiger partial charge in [-0.15, -0.1) is 0 Å². The lowest BCUT2D eigenvalue weighted by molar-refractivity contribution is 0.0277. The third kappa shape index (κ3) is 8.38. The van der Waals surface area contributed by atoms with Crippen molar-refractivity contribution in [3.05, 3.63) is 0 Å². The smallest absolute Gasteiger partial charge is 0.410 e. The number of aliphatic hydroxyl groups is 1. The monoisotopic (exact) mass is 343 g/mol. The zero-order valence-corrected chi connectivity index (χ0v) is 15.6. The van der Waals surface area contributed by atoms with Gasteiger partial charge in [-0.3, -0.25) is 0 Å². The SMILES string of the molecule is C[C@@H](CNC(=O)NC1CCC(O)CC1)CN(C)C(=O)OC(C)(C)C. The van der Waals surface area contributed by atoms with Gasteiger partial charge >= 0.3 is 12.1 Å². The van der Waals surface area contributed by atoms with E-state index in [0.717, 1.165) is 25.7 Å². The lowest BCUT2D eigenvalue weighted by Crippen LogP contribution is -2.46. The molecular weight excluding hydrogens is 310 g/mol. The van der Waals surface area contributed by atoms with E-state index in [1.807, 2.05) is 27.7 Å². The Morgan fingerprint density at radius 3 is 2.38 bits per heavy atom. The summed E-state index contributed by atoms with van der Waals surface area (Å²) in [6, 6.07) is -0.0590. The van der Waals surface area contributed by atoms with Crippen LogP contribution in [0.4, 0.5) is 9.59 Å². The Labute approximate surface area is 145 Å². The van der Waals surface area contributed by atoms with E-state index in [-0.39, 0.29) is 30.2 Å². The molecule has 3 N–H and O–H groups in total. The van der Waals surface area contributed by atoms with Crippen LogP contribution in [-0.4, -0.2) is 60.0 Å². The number of hydrogen-bond donors (Lipinski definition) is 3. The number of carbonyl (C=O) groups is 2. The van der Waals surface area contributed by atoms with Gasteiger partial charge in [0.2, 0.25) is 0 Å². The standard InChI is InChI=1S/C17H33N3O4/c1-12(11-20(5)16(23)24-17(2,3)4)10-18-15(22)19-13-6-8-14(21)9-7-13/h12-14,21H,6-11H2,1-5H3,(H2,18,19,22)/t12-,13?,14?/m0/s1. The molecule has 1 saturated carbocycles. The molecule has 24 heavy (non-hydrogen) atoms. The van der Waals surface area contributed by atoms with Crippen LogP contribution < -0.4 is 10.6 Å². The van der Waals surface area contributed by atoms with Crippen LogP contribution in [0, 0.1) is 5.92 Å². The van der Waals surface area contributed by atoms with Crippen molar-refractivity contribution in [2.45, 2.75) is 71.1 Å². The van der Waals surface area contributed by atoms with Crippen LogP contribution >= 0.6 is 0 Å². The number of aliphatic hydroxyl groups excluding tert-OH is 1. The third-order valence-corrected chi connectivity index (χ3v) is 3.93. The summed E-state index contributed by atoms with van der Waals surface area (Å²) in [4.78, 5) is 25.3. The highest BCUT2D eigenvalue weighted by atomic mass is 16.6. The van der Waals surface area contributed by atoms with Crippen molar-refractivity contribution in [3.8, 4) is 0 Å². The van der Waals surface area contributed by atoms with Gasteiger partial charge in [-0.2, -0.15) is 0 Å². The summed E-state index contributed by atoms with van der Waals surface area (Å²) >= 11 is 0. The first-order chi connectivity index (χ1) is 11.1. The van der Waals surface area contributed by atoms with Crippen LogP contribution in [0.2, 0.25) is 0 Å². The van der Waals surface area contributed by atoms with E-state index in [0.29, 0.717) is 13.1 Å². The molecule has 140 valence electrons. The highest BCUT2D eigenvalue weighted by Crippen LogP contribution is 2.18. The fourth-order valence-corrected chi connectivity index (χ4v) is 2.67. The number of rotatable bonds is 5. The first kappa shape index (κ1) is 20.5. The van der Waals surface area contributed by atoms with Crippen LogP contribution in [0.3, 0.4) is 0 Å². The molecule has 0 aliphatic heterocycles. The maximum absolute atomic E-state index is 11.9. The first-order valence-electron chi connectivity index (χ1n) is 8.73. The second kappa shape index (κ2) is 9.11. The van der Waals surface area contributed by atoms with Crippen LogP contribution in [0.1, 0.15) is 53.4 Å². The molecule has 0 aromatic heterocycles. The van der Waals surface area contributed by atoms with E-state index in [1.54, 1.807) is 7.05 Å². The molecule has 0 aromatic carbocycles. The van der Waals surface area contributed by atoms with Crippen LogP contribution in [0.15, 0.2) is 0 Å². The minimum atomic E-state index is -0.514. The van der Waals surface area contributed by atoms with E-state index in [1.165, 1.54) is 4.90 Å². The van der Waals surface area contributed by atoms with Crippen molar-refractivity contribution in [1.82, 2.24) is 15.5 Å². The Hall–Kier alpha value is -1.50. The van der Waals surface area contributed by atoms with Crippen molar-refractivity contribution in [2.75, 3.05) is 20.1 Å². The molecule has 1 fully saturated rings. The average Bonchev–Trinajstić information content (AvgIpc) is 2.46. The topological polar surface area (TPSA) is 90.9 Å². The zero-order valence-electron chi connectivity index (χ0n) is 15.6. The number of hydrogen-bond acceptors (Lipinski definition) is 4. The summed E-state index contributed by atoms with van der Waals surface area (Å²) in [5.41, 5.74) is -0.514. The molecule has 1 rings (SSSR count). The van der Waals surface area contributed by atoms with E-state index in [9.17, 15) is 14.7 Å². The molecule has 1 aliphatic rings. The molecule has 7 heteroatoms. The van der Waals surface area contributed by atoms with E-state index < -0.39 is 5.60 Å². The minimum absolute atomic E-state index is 0.112. The van der Waals surface area contributed by atoms with Gasteiger partial charge in [0.25, 0.3) is 0 Å². The van der Waals surface area contributed by atoms with Crippen LogP contribution in [0.5, 0.6) is 0 Å². The van der Waals surface area contributed by atoms with E-state index in [4.69, 9.17) is 4.74 Å². The molecule has 0 bridgehead atoms. The highest BCUT2D eigenvalue weighted by Gasteiger charge is 2.22. The molecular formula is C17H33N3O4. The molecule has 0 unspecified atom stereocenters. The Morgan fingerprint density at radius 1 is 1.25 bits per heavy atom. The molecule has 0 spiro atoms. The summed E-state index contributed by atoms with van der Waals surface area (Å²) in [5, 5.41) is 15.2. The lowest BCUT2D eigenvalue weighted by atomic mass is 9.93. The summed E-state index contributed by atoms with van der Waals surface area (Å²) in [5.74, 6) is 0.112. The number of urea groups is 1. The quantitative estimate of drug-likeness (QED) is 0.713. The Kier molecular flexibility index (Phi) is 7.79. The predicted molar refractivity (Wildman–Crippen MR) is 92.8 cm³/mol. The molecule has 1 atom stereocenters. The number of nitrogens with zero attached hydrogens (tertiary/aromatic N) is 1. The molecule has 3 amide bonds. The van der Waals surface area contributed by atoms with Crippen molar-refractivity contribution in [3.63, 3.8) is 0 Å². The molecule has 0 aromatic rings. The van der Waals surface area contributed by atoms with Gasteiger partial charge in [-0.05, 0) is 52.4 Å². The van der Waals surface area contributed by atoms with Crippen molar-refractivity contribution >= 4 is 12.1 Å². The summed E-state index contributed by atoms with van der Waals surface area (Å²) in [6.45, 7) is 8.45. The zero-order chi connectivity index (χ0) is 18.3. The fourth-order valence-electron chi connectivity index (χ4n) is 2.67. The van der Waals surface area contributed by atoms with Crippen molar-refractivity contribution < 1.29 is 19.4 Å². The van der Waals surface area contributed by atoms with Crippen LogP contribution in [-0.2, 0) is 4.74 Å². The Bertz CT molecular complexity index is 415.